The molecule has 2 heterocycles. The highest BCUT2D eigenvalue weighted by atomic mass is 35.5. The third-order valence-corrected chi connectivity index (χ3v) is 7.31. The number of halogens is 8. The number of benzene rings is 2. The lowest BCUT2D eigenvalue weighted by molar-refractivity contribution is -0.276. The number of rotatable bonds is 5. The Bertz CT molecular complexity index is 1260. The van der Waals surface area contributed by atoms with Gasteiger partial charge in [0.15, 0.2) is 0 Å². The topological polar surface area (TPSA) is 53.9 Å². The van der Waals surface area contributed by atoms with Crippen LogP contribution < -0.4 is 5.32 Å². The van der Waals surface area contributed by atoms with E-state index in [0.717, 1.165) is 0 Å². The van der Waals surface area contributed by atoms with E-state index in [1.807, 2.05) is 10.6 Å². The Kier molecular flexibility index (Phi) is 7.19. The van der Waals surface area contributed by atoms with Crippen molar-refractivity contribution in [1.29, 1.82) is 0 Å². The predicted molar refractivity (Wildman–Crippen MR) is 124 cm³/mol. The van der Waals surface area contributed by atoms with Gasteiger partial charge >= 0.3 is 12.4 Å². The number of nitrogens with zero attached hydrogens (tertiary/aromatic N) is 2. The van der Waals surface area contributed by atoms with Crippen molar-refractivity contribution in [1.82, 2.24) is 9.62 Å². The number of carbonyl (C=O) groups excluding carboxylic acids is 1. The number of aryl methyl sites for hydroxylation is 1. The van der Waals surface area contributed by atoms with Gasteiger partial charge in [0.25, 0.3) is 11.5 Å². The molecule has 0 bridgehead atoms. The number of amides is 1. The molecule has 0 radical (unpaired) electrons. The molecule has 2 aliphatic rings. The fraction of sp³-hybridized carbons (Fsp3) is 0.391. The third-order valence-electron chi connectivity index (χ3n) is 6.22. The molecule has 1 N–H and O–H groups in total. The fourth-order valence-electron chi connectivity index (χ4n) is 4.12. The molecule has 5 nitrogen and oxygen atoms in total. The Labute approximate surface area is 216 Å². The highest BCUT2D eigenvalue weighted by molar-refractivity contribution is 7.96. The monoisotopic (exact) mass is 569 g/mol. The maximum atomic E-state index is 14.7. The van der Waals surface area contributed by atoms with Gasteiger partial charge in [0.05, 0.1) is 28.8 Å². The molecule has 14 heteroatoms. The molecule has 0 saturated carbocycles. The predicted octanol–water partition coefficient (Wildman–Crippen LogP) is 6.08. The minimum absolute atomic E-state index is 0.0322. The molecule has 1 amide bonds. The summed E-state index contributed by atoms with van der Waals surface area (Å²) in [4.78, 5) is 17.3. The van der Waals surface area contributed by atoms with Crippen molar-refractivity contribution in [2.24, 2.45) is 5.16 Å². The van der Waals surface area contributed by atoms with Crippen LogP contribution in [0.2, 0.25) is 5.02 Å². The zero-order chi connectivity index (χ0) is 27.3. The van der Waals surface area contributed by atoms with Crippen LogP contribution in [0.25, 0.3) is 0 Å². The Morgan fingerprint density at radius 3 is 2.43 bits per heavy atom. The summed E-state index contributed by atoms with van der Waals surface area (Å²) in [5, 5.41) is 5.20. The molecule has 1 fully saturated rings. The molecule has 1 atom stereocenters. The van der Waals surface area contributed by atoms with Crippen LogP contribution in [0.4, 0.5) is 30.7 Å². The Morgan fingerprint density at radius 1 is 1.19 bits per heavy atom. The molecule has 2 aromatic carbocycles. The largest absolute Gasteiger partial charge is 0.435 e. The van der Waals surface area contributed by atoms with Gasteiger partial charge in [0.2, 0.25) is 0 Å². The van der Waals surface area contributed by atoms with E-state index in [0.29, 0.717) is 24.2 Å². The maximum absolute atomic E-state index is 14.7. The number of oxime groups is 1. The van der Waals surface area contributed by atoms with Crippen LogP contribution in [0.5, 0.6) is 0 Å². The molecule has 1 saturated heterocycles. The van der Waals surface area contributed by atoms with Crippen molar-refractivity contribution >= 4 is 35.2 Å². The van der Waals surface area contributed by atoms with E-state index in [2.05, 4.69) is 15.3 Å². The number of hydrogen-bond acceptors (Lipinski definition) is 5. The van der Waals surface area contributed by atoms with Crippen LogP contribution >= 0.6 is 23.5 Å². The summed E-state index contributed by atoms with van der Waals surface area (Å²) >= 11 is 7.08. The summed E-state index contributed by atoms with van der Waals surface area (Å²) < 4.78 is 99.3. The summed E-state index contributed by atoms with van der Waals surface area (Å²) in [6.45, 7) is 2.93. The minimum Gasteiger partial charge on any atom is -0.374 e. The van der Waals surface area contributed by atoms with E-state index in [1.54, 1.807) is 18.9 Å². The van der Waals surface area contributed by atoms with Crippen molar-refractivity contribution < 1.29 is 40.4 Å². The van der Waals surface area contributed by atoms with Crippen LogP contribution in [0, 0.1) is 12.7 Å². The van der Waals surface area contributed by atoms with Gasteiger partial charge < -0.3 is 10.2 Å². The van der Waals surface area contributed by atoms with Crippen molar-refractivity contribution in [2.45, 2.75) is 37.3 Å². The normalized spacial score (nSPS) is 20.9. The van der Waals surface area contributed by atoms with E-state index in [-0.39, 0.29) is 35.4 Å². The van der Waals surface area contributed by atoms with Gasteiger partial charge in [-0.25, -0.2) is 8.70 Å². The lowest BCUT2D eigenvalue weighted by atomic mass is 9.85. The average Bonchev–Trinajstić information content (AvgIpc) is 3.23. The molecule has 0 spiro atoms. The summed E-state index contributed by atoms with van der Waals surface area (Å²) in [6, 6.07) is 4.37. The molecular formula is C23H19ClF7N3O2S. The molecule has 200 valence electrons. The van der Waals surface area contributed by atoms with E-state index < -0.39 is 46.3 Å². The highest BCUT2D eigenvalue weighted by Gasteiger charge is 2.64. The summed E-state index contributed by atoms with van der Waals surface area (Å²) in [5.74, 6) is -2.05. The first-order valence-electron chi connectivity index (χ1n) is 10.8. The molecule has 1 unspecified atom stereocenters. The number of alkyl halides is 6. The van der Waals surface area contributed by atoms with Crippen LogP contribution in [0.15, 0.2) is 35.5 Å². The molecule has 0 aliphatic carbocycles. The van der Waals surface area contributed by atoms with Crippen molar-refractivity contribution in [2.75, 3.05) is 19.3 Å². The number of hydrogen-bond donors (Lipinski definition) is 1. The van der Waals surface area contributed by atoms with E-state index in [1.165, 1.54) is 18.2 Å². The average molecular weight is 570 g/mol. The Hall–Kier alpha value is -2.51. The molecule has 2 aromatic rings. The summed E-state index contributed by atoms with van der Waals surface area (Å²) in [6.07, 6.45) is -9.63. The highest BCUT2D eigenvalue weighted by Crippen LogP contribution is 2.51. The van der Waals surface area contributed by atoms with E-state index in [4.69, 9.17) is 11.6 Å². The van der Waals surface area contributed by atoms with Crippen LogP contribution in [-0.4, -0.2) is 47.5 Å². The van der Waals surface area contributed by atoms with Gasteiger partial charge in [0, 0.05) is 24.2 Å². The first-order chi connectivity index (χ1) is 17.2. The number of carbonyl (C=O) groups is 1. The first kappa shape index (κ1) is 27.5. The van der Waals surface area contributed by atoms with Gasteiger partial charge in [-0.05, 0) is 48.6 Å². The van der Waals surface area contributed by atoms with Gasteiger partial charge in [-0.2, -0.15) is 26.3 Å². The SMILES string of the molecule is CSN1CC(NC(=O)c2ccc(C3=NOC(c4cc(C(F)(F)F)cc(Cl)c4F)(C(F)(F)F)C3)cc2C)C1. The summed E-state index contributed by atoms with van der Waals surface area (Å²) in [7, 11) is 0. The fourth-order valence-corrected chi connectivity index (χ4v) is 5.00. The molecular weight excluding hydrogens is 551 g/mol. The van der Waals surface area contributed by atoms with Crippen LogP contribution in [-0.2, 0) is 16.6 Å². The molecule has 2 aliphatic heterocycles. The van der Waals surface area contributed by atoms with Gasteiger partial charge in [-0.15, -0.1) is 0 Å². The molecule has 4 rings (SSSR count). The van der Waals surface area contributed by atoms with Gasteiger partial charge in [0.1, 0.15) is 5.82 Å². The number of nitrogens with one attached hydrogen (secondary N) is 1. The second-order valence-corrected chi connectivity index (χ2v) is 9.97. The first-order valence-corrected chi connectivity index (χ1v) is 12.3. The second kappa shape index (κ2) is 9.66. The lowest BCUT2D eigenvalue weighted by Crippen LogP contribution is -2.56. The molecule has 37 heavy (non-hydrogen) atoms. The second-order valence-electron chi connectivity index (χ2n) is 8.68. The van der Waals surface area contributed by atoms with Crippen molar-refractivity contribution in [3.8, 4) is 0 Å². The Balaban J connectivity index is 1.62. The van der Waals surface area contributed by atoms with E-state index in [9.17, 15) is 35.5 Å². The zero-order valence-corrected chi connectivity index (χ0v) is 20.8. The van der Waals surface area contributed by atoms with Gasteiger partial charge in [-0.3, -0.25) is 4.79 Å². The standard InChI is InChI=1S/C23H19ClF7N3O2S/c1-11-5-12(3-4-15(11)20(35)32-14-9-34(10-14)37-2)18-8-21(36-33-18,23(29,30)31)16-6-13(22(26,27)28)7-17(24)19(16)25/h3-7,14H,8-10H2,1-2H3,(H,32,35). The Morgan fingerprint density at radius 2 is 1.86 bits per heavy atom. The van der Waals surface area contributed by atoms with Crippen molar-refractivity contribution in [3.63, 3.8) is 0 Å². The summed E-state index contributed by atoms with van der Waals surface area (Å²) in [5.41, 5.74) is -5.95. The maximum Gasteiger partial charge on any atom is 0.435 e. The zero-order valence-electron chi connectivity index (χ0n) is 19.2. The molecule has 0 aromatic heterocycles. The minimum atomic E-state index is -5.35. The quantitative estimate of drug-likeness (QED) is 0.350. The van der Waals surface area contributed by atoms with Gasteiger partial charge in [-0.1, -0.05) is 34.8 Å². The smallest absolute Gasteiger partial charge is 0.374 e. The van der Waals surface area contributed by atoms with Crippen molar-refractivity contribution in [3.05, 3.63) is 69.0 Å². The van der Waals surface area contributed by atoms with Crippen LogP contribution in [0.3, 0.4) is 0 Å². The van der Waals surface area contributed by atoms with Crippen LogP contribution in [0.1, 0.15) is 39.0 Å². The third kappa shape index (κ3) is 5.13. The van der Waals surface area contributed by atoms with E-state index >= 15 is 0 Å². The lowest BCUT2D eigenvalue weighted by Gasteiger charge is -2.37.